The third-order valence-electron chi connectivity index (χ3n) is 3.51. The fourth-order valence-electron chi connectivity index (χ4n) is 2.16. The van der Waals surface area contributed by atoms with Gasteiger partial charge in [0.05, 0.1) is 11.6 Å². The molecule has 0 unspecified atom stereocenters. The maximum atomic E-state index is 12.8. The van der Waals surface area contributed by atoms with Crippen LogP contribution in [0, 0.1) is 5.82 Å². The van der Waals surface area contributed by atoms with Crippen molar-refractivity contribution >= 4 is 11.8 Å². The van der Waals surface area contributed by atoms with Crippen LogP contribution in [0.2, 0.25) is 0 Å². The number of carbonyl (C=O) groups excluding carboxylic acids is 2. The Labute approximate surface area is 133 Å². The summed E-state index contributed by atoms with van der Waals surface area (Å²) in [5, 5.41) is 9.46. The molecule has 2 N–H and O–H groups in total. The first-order valence-electron chi connectivity index (χ1n) is 7.28. The predicted octanol–water partition coefficient (Wildman–Crippen LogP) is 1.21. The first kappa shape index (κ1) is 16.7. The molecule has 2 rings (SSSR count). The lowest BCUT2D eigenvalue weighted by Crippen LogP contribution is -2.36. The minimum atomic E-state index is -0.391. The van der Waals surface area contributed by atoms with Crippen molar-refractivity contribution in [3.63, 3.8) is 0 Å². The number of nitrogens with zero attached hydrogens (tertiary/aromatic N) is 2. The van der Waals surface area contributed by atoms with E-state index >= 15 is 0 Å². The van der Waals surface area contributed by atoms with Gasteiger partial charge >= 0.3 is 0 Å². The number of benzene rings is 1. The Balaban J connectivity index is 1.74. The molecule has 122 valence electrons. The van der Waals surface area contributed by atoms with Crippen molar-refractivity contribution in [2.75, 3.05) is 13.1 Å². The summed E-state index contributed by atoms with van der Waals surface area (Å²) in [5.41, 5.74) is 1.19. The molecule has 0 aliphatic carbocycles. The summed E-state index contributed by atoms with van der Waals surface area (Å²) < 4.78 is 14.4. The topological polar surface area (TPSA) is 76.0 Å². The van der Waals surface area contributed by atoms with Crippen molar-refractivity contribution in [1.82, 2.24) is 20.4 Å². The number of amides is 2. The summed E-state index contributed by atoms with van der Waals surface area (Å²) in [6.07, 6.45) is 1.64. The number of aromatic nitrogens is 2. The molecule has 0 aliphatic heterocycles. The van der Waals surface area contributed by atoms with Gasteiger partial charge in [0.1, 0.15) is 5.82 Å². The second kappa shape index (κ2) is 7.53. The third-order valence-corrected chi connectivity index (χ3v) is 3.51. The van der Waals surface area contributed by atoms with E-state index in [-0.39, 0.29) is 17.7 Å². The molecule has 0 saturated heterocycles. The third kappa shape index (κ3) is 4.38. The van der Waals surface area contributed by atoms with Crippen molar-refractivity contribution in [2.45, 2.75) is 12.8 Å². The van der Waals surface area contributed by atoms with Gasteiger partial charge in [-0.25, -0.2) is 4.39 Å². The zero-order valence-electron chi connectivity index (χ0n) is 13.0. The molecule has 2 aromatic rings. The number of halogens is 1. The van der Waals surface area contributed by atoms with E-state index in [1.807, 2.05) is 0 Å². The molecule has 0 bridgehead atoms. The molecule has 7 heteroatoms. The predicted molar refractivity (Wildman–Crippen MR) is 83.4 cm³/mol. The molecular weight excluding hydrogens is 299 g/mol. The number of carbonyl (C=O) groups is 2. The molecule has 1 aromatic heterocycles. The van der Waals surface area contributed by atoms with E-state index in [0.717, 1.165) is 5.69 Å². The van der Waals surface area contributed by atoms with Crippen molar-refractivity contribution < 1.29 is 14.0 Å². The summed E-state index contributed by atoms with van der Waals surface area (Å²) in [6.45, 7) is 2.40. The Kier molecular flexibility index (Phi) is 5.46. The van der Waals surface area contributed by atoms with Crippen LogP contribution in [0.25, 0.3) is 0 Å². The van der Waals surface area contributed by atoms with E-state index in [4.69, 9.17) is 0 Å². The van der Waals surface area contributed by atoms with E-state index < -0.39 is 5.82 Å². The number of nitrogens with one attached hydrogen (secondary N) is 2. The maximum Gasteiger partial charge on any atom is 0.251 e. The van der Waals surface area contributed by atoms with E-state index in [1.54, 1.807) is 30.9 Å². The monoisotopic (exact) mass is 318 g/mol. The highest BCUT2D eigenvalue weighted by Crippen LogP contribution is 2.13. The minimum absolute atomic E-state index is 0.135. The average molecular weight is 318 g/mol. The summed E-state index contributed by atoms with van der Waals surface area (Å²) in [6, 6.07) is 7.07. The van der Waals surface area contributed by atoms with Gasteiger partial charge in [-0.3, -0.25) is 14.3 Å². The molecule has 23 heavy (non-hydrogen) atoms. The Morgan fingerprint density at radius 3 is 2.43 bits per heavy atom. The van der Waals surface area contributed by atoms with Gasteiger partial charge in [-0.2, -0.15) is 5.10 Å². The van der Waals surface area contributed by atoms with Crippen LogP contribution in [0.4, 0.5) is 4.39 Å². The van der Waals surface area contributed by atoms with E-state index in [9.17, 15) is 14.0 Å². The highest BCUT2D eigenvalue weighted by atomic mass is 19.1. The molecule has 1 aromatic carbocycles. The molecule has 0 aliphatic rings. The van der Waals surface area contributed by atoms with Crippen LogP contribution in [0.5, 0.6) is 0 Å². The lowest BCUT2D eigenvalue weighted by molar-refractivity contribution is -0.122. The van der Waals surface area contributed by atoms with Crippen LogP contribution in [-0.2, 0) is 11.8 Å². The molecule has 0 fully saturated rings. The van der Waals surface area contributed by atoms with Crippen LogP contribution >= 0.6 is 0 Å². The average Bonchev–Trinajstić information content (AvgIpc) is 2.97. The second-order valence-electron chi connectivity index (χ2n) is 5.16. The lowest BCUT2D eigenvalue weighted by atomic mass is 10.1. The van der Waals surface area contributed by atoms with E-state index in [2.05, 4.69) is 15.7 Å². The fourth-order valence-corrected chi connectivity index (χ4v) is 2.16. The van der Waals surface area contributed by atoms with Crippen LogP contribution in [0.3, 0.4) is 0 Å². The highest BCUT2D eigenvalue weighted by Gasteiger charge is 2.17. The quantitative estimate of drug-likeness (QED) is 0.786. The Bertz CT molecular complexity index is 682. The molecular formula is C16H19FN4O2. The highest BCUT2D eigenvalue weighted by molar-refractivity contribution is 5.94. The van der Waals surface area contributed by atoms with Crippen LogP contribution in [-0.4, -0.2) is 34.7 Å². The number of aryl methyl sites for hydroxylation is 1. The number of rotatable bonds is 6. The van der Waals surface area contributed by atoms with Gasteiger partial charge in [0.2, 0.25) is 5.91 Å². The van der Waals surface area contributed by atoms with Crippen LogP contribution < -0.4 is 10.6 Å². The van der Waals surface area contributed by atoms with Gasteiger partial charge in [0.25, 0.3) is 5.91 Å². The first-order valence-corrected chi connectivity index (χ1v) is 7.28. The fraction of sp³-hybridized carbons (Fsp3) is 0.312. The molecule has 1 atom stereocenters. The number of hydrogen-bond acceptors (Lipinski definition) is 3. The van der Waals surface area contributed by atoms with Gasteiger partial charge in [0.15, 0.2) is 0 Å². The summed E-state index contributed by atoms with van der Waals surface area (Å²) in [4.78, 5) is 23.8. The molecule has 1 heterocycles. The summed E-state index contributed by atoms with van der Waals surface area (Å²) >= 11 is 0. The molecule has 0 saturated carbocycles. The lowest BCUT2D eigenvalue weighted by Gasteiger charge is -2.13. The van der Waals surface area contributed by atoms with Gasteiger partial charge < -0.3 is 10.6 Å². The number of hydrogen-bond donors (Lipinski definition) is 2. The summed E-state index contributed by atoms with van der Waals surface area (Å²) in [7, 11) is 1.78. The van der Waals surface area contributed by atoms with Gasteiger partial charge in [0, 0.05) is 31.9 Å². The van der Waals surface area contributed by atoms with Crippen molar-refractivity contribution in [1.29, 1.82) is 0 Å². The Morgan fingerprint density at radius 1 is 1.17 bits per heavy atom. The van der Waals surface area contributed by atoms with E-state index in [1.165, 1.54) is 24.3 Å². The molecule has 0 radical (unpaired) electrons. The first-order chi connectivity index (χ1) is 11.0. The Hall–Kier alpha value is -2.70. The van der Waals surface area contributed by atoms with Crippen molar-refractivity contribution in [3.8, 4) is 0 Å². The van der Waals surface area contributed by atoms with E-state index in [0.29, 0.717) is 18.7 Å². The minimum Gasteiger partial charge on any atom is -0.354 e. The zero-order chi connectivity index (χ0) is 16.8. The maximum absolute atomic E-state index is 12.8. The van der Waals surface area contributed by atoms with Crippen molar-refractivity contribution in [3.05, 3.63) is 53.6 Å². The van der Waals surface area contributed by atoms with Gasteiger partial charge in [-0.1, -0.05) is 0 Å². The van der Waals surface area contributed by atoms with Crippen LogP contribution in [0.15, 0.2) is 36.5 Å². The molecule has 0 spiro atoms. The van der Waals surface area contributed by atoms with Gasteiger partial charge in [-0.15, -0.1) is 0 Å². The van der Waals surface area contributed by atoms with Crippen molar-refractivity contribution in [2.24, 2.45) is 7.05 Å². The summed E-state index contributed by atoms with van der Waals surface area (Å²) in [5.74, 6) is -1.16. The largest absolute Gasteiger partial charge is 0.354 e. The molecule has 2 amide bonds. The normalized spacial score (nSPS) is 11.8. The zero-order valence-corrected chi connectivity index (χ0v) is 13.0. The van der Waals surface area contributed by atoms with Gasteiger partial charge in [-0.05, 0) is 37.3 Å². The van der Waals surface area contributed by atoms with Crippen LogP contribution in [0.1, 0.15) is 28.9 Å². The standard InChI is InChI=1S/C16H19FN4O2/c1-11(14-7-8-20-21(14)2)15(22)18-9-10-19-16(23)12-3-5-13(17)6-4-12/h3-8,11H,9-10H2,1-2H3,(H,18,22)(H,19,23)/t11-/m0/s1. The SMILES string of the molecule is C[C@H](C(=O)NCCNC(=O)c1ccc(F)cc1)c1ccnn1C. The Morgan fingerprint density at radius 2 is 1.83 bits per heavy atom. The molecule has 6 nitrogen and oxygen atoms in total. The smallest absolute Gasteiger partial charge is 0.251 e. The second-order valence-corrected chi connectivity index (χ2v) is 5.16.